The lowest BCUT2D eigenvalue weighted by atomic mass is 10.2. The van der Waals surface area contributed by atoms with Crippen molar-refractivity contribution in [3.63, 3.8) is 0 Å². The second kappa shape index (κ2) is 8.20. The van der Waals surface area contributed by atoms with Crippen molar-refractivity contribution in [3.8, 4) is 0 Å². The van der Waals surface area contributed by atoms with Gasteiger partial charge in [0.2, 0.25) is 0 Å². The fourth-order valence-corrected chi connectivity index (χ4v) is 1.54. The van der Waals surface area contributed by atoms with Crippen molar-refractivity contribution in [2.75, 3.05) is 19.8 Å². The molecule has 3 nitrogen and oxygen atoms in total. The van der Waals surface area contributed by atoms with Crippen LogP contribution in [0.2, 0.25) is 0 Å². The molecule has 1 aromatic rings. The van der Waals surface area contributed by atoms with Gasteiger partial charge in [0, 0.05) is 18.0 Å². The summed E-state index contributed by atoms with van der Waals surface area (Å²) < 4.78 is 10.9. The van der Waals surface area contributed by atoms with Gasteiger partial charge in [0.25, 0.3) is 0 Å². The number of aromatic nitrogens is 1. The Morgan fingerprint density at radius 1 is 1.18 bits per heavy atom. The highest BCUT2D eigenvalue weighted by molar-refractivity contribution is 5.09. The molecule has 0 spiro atoms. The van der Waals surface area contributed by atoms with Gasteiger partial charge < -0.3 is 9.47 Å². The first-order valence-electron chi connectivity index (χ1n) is 6.30. The number of hydrogen-bond acceptors (Lipinski definition) is 3. The van der Waals surface area contributed by atoms with Crippen LogP contribution in [-0.2, 0) is 15.9 Å². The van der Waals surface area contributed by atoms with E-state index in [1.54, 1.807) is 0 Å². The van der Waals surface area contributed by atoms with E-state index in [-0.39, 0.29) is 6.10 Å². The molecule has 0 N–H and O–H groups in total. The molecule has 0 aliphatic carbocycles. The molecule has 96 valence electrons. The van der Waals surface area contributed by atoms with Crippen LogP contribution in [0.1, 0.15) is 31.7 Å². The zero-order valence-electron chi connectivity index (χ0n) is 11.1. The summed E-state index contributed by atoms with van der Waals surface area (Å²) in [5.74, 6) is 0. The molecule has 1 aromatic heterocycles. The van der Waals surface area contributed by atoms with E-state index in [0.29, 0.717) is 13.2 Å². The molecule has 0 fully saturated rings. The van der Waals surface area contributed by atoms with Crippen LogP contribution in [0, 0.1) is 6.92 Å². The quantitative estimate of drug-likeness (QED) is 0.651. The van der Waals surface area contributed by atoms with Gasteiger partial charge in [-0.3, -0.25) is 4.98 Å². The number of nitrogens with zero attached hydrogens (tertiary/aromatic N) is 1. The fourth-order valence-electron chi connectivity index (χ4n) is 1.54. The molecule has 0 aliphatic heterocycles. The smallest absolute Gasteiger partial charge is 0.0703 e. The molecule has 17 heavy (non-hydrogen) atoms. The van der Waals surface area contributed by atoms with Gasteiger partial charge in [-0.15, -0.1) is 0 Å². The Labute approximate surface area is 104 Å². The molecule has 0 aliphatic rings. The van der Waals surface area contributed by atoms with Crippen molar-refractivity contribution in [1.82, 2.24) is 4.98 Å². The summed E-state index contributed by atoms with van der Waals surface area (Å²) in [7, 11) is 0. The summed E-state index contributed by atoms with van der Waals surface area (Å²) in [5, 5.41) is 0. The lowest BCUT2D eigenvalue weighted by molar-refractivity contribution is 0.0190. The van der Waals surface area contributed by atoms with E-state index >= 15 is 0 Å². The summed E-state index contributed by atoms with van der Waals surface area (Å²) >= 11 is 0. The van der Waals surface area contributed by atoms with Crippen LogP contribution in [0.3, 0.4) is 0 Å². The predicted molar refractivity (Wildman–Crippen MR) is 69.2 cm³/mol. The van der Waals surface area contributed by atoms with Crippen molar-refractivity contribution in [1.29, 1.82) is 0 Å². The van der Waals surface area contributed by atoms with E-state index in [1.807, 2.05) is 26.8 Å². The number of aryl methyl sites for hydroxylation is 2. The van der Waals surface area contributed by atoms with Gasteiger partial charge in [-0.05, 0) is 45.7 Å². The number of ether oxygens (including phenoxy) is 2. The third kappa shape index (κ3) is 7.08. The topological polar surface area (TPSA) is 31.4 Å². The number of rotatable bonds is 8. The van der Waals surface area contributed by atoms with E-state index in [9.17, 15) is 0 Å². The fraction of sp³-hybridized carbons (Fsp3) is 0.643. The summed E-state index contributed by atoms with van der Waals surface area (Å²) in [6.07, 6.45) is 2.28. The number of pyridine rings is 1. The molecule has 0 saturated carbocycles. The molecule has 3 heteroatoms. The minimum atomic E-state index is 0.287. The van der Waals surface area contributed by atoms with E-state index in [0.717, 1.165) is 30.8 Å². The van der Waals surface area contributed by atoms with Crippen molar-refractivity contribution in [2.45, 2.75) is 39.7 Å². The van der Waals surface area contributed by atoms with Gasteiger partial charge in [0.15, 0.2) is 0 Å². The second-order valence-corrected chi connectivity index (χ2v) is 4.41. The molecule has 0 aromatic carbocycles. The first kappa shape index (κ1) is 14.1. The van der Waals surface area contributed by atoms with Gasteiger partial charge in [-0.1, -0.05) is 6.07 Å². The first-order valence-corrected chi connectivity index (χ1v) is 6.30. The van der Waals surface area contributed by atoms with Crippen molar-refractivity contribution < 1.29 is 9.47 Å². The standard InChI is InChI=1S/C14H23NO2/c1-12(2)17-11-10-16-9-5-8-14-7-4-6-13(3)15-14/h4,6-7,12H,5,8-11H2,1-3H3. The molecular weight excluding hydrogens is 214 g/mol. The molecule has 1 heterocycles. The van der Waals surface area contributed by atoms with E-state index in [2.05, 4.69) is 17.1 Å². The highest BCUT2D eigenvalue weighted by Gasteiger charge is 1.96. The Bertz CT molecular complexity index is 313. The zero-order valence-corrected chi connectivity index (χ0v) is 11.1. The summed E-state index contributed by atoms with van der Waals surface area (Å²) in [4.78, 5) is 4.45. The third-order valence-corrected chi connectivity index (χ3v) is 2.35. The van der Waals surface area contributed by atoms with E-state index in [4.69, 9.17) is 9.47 Å². The molecule has 1 rings (SSSR count). The van der Waals surface area contributed by atoms with Crippen LogP contribution >= 0.6 is 0 Å². The van der Waals surface area contributed by atoms with Crippen molar-refractivity contribution in [3.05, 3.63) is 29.6 Å². The molecule has 0 bridgehead atoms. The second-order valence-electron chi connectivity index (χ2n) is 4.41. The minimum absolute atomic E-state index is 0.287. The maximum absolute atomic E-state index is 5.48. The third-order valence-electron chi connectivity index (χ3n) is 2.35. The number of hydrogen-bond donors (Lipinski definition) is 0. The highest BCUT2D eigenvalue weighted by Crippen LogP contribution is 2.01. The van der Waals surface area contributed by atoms with Crippen molar-refractivity contribution in [2.24, 2.45) is 0 Å². The van der Waals surface area contributed by atoms with Crippen LogP contribution in [-0.4, -0.2) is 30.9 Å². The molecule has 0 atom stereocenters. The Kier molecular flexibility index (Phi) is 6.82. The Hall–Kier alpha value is -0.930. The maximum atomic E-state index is 5.48. The molecule has 0 radical (unpaired) electrons. The molecule has 0 amide bonds. The van der Waals surface area contributed by atoms with Gasteiger partial charge in [0.05, 0.1) is 19.3 Å². The van der Waals surface area contributed by atoms with Crippen LogP contribution in [0.25, 0.3) is 0 Å². The van der Waals surface area contributed by atoms with Crippen LogP contribution in [0.15, 0.2) is 18.2 Å². The van der Waals surface area contributed by atoms with Crippen molar-refractivity contribution >= 4 is 0 Å². The Morgan fingerprint density at radius 3 is 2.71 bits per heavy atom. The lowest BCUT2D eigenvalue weighted by Crippen LogP contribution is -2.10. The lowest BCUT2D eigenvalue weighted by Gasteiger charge is -2.08. The Balaban J connectivity index is 2.01. The SMILES string of the molecule is Cc1cccc(CCCOCCOC(C)C)n1. The first-order chi connectivity index (χ1) is 8.18. The normalized spacial score (nSPS) is 11.1. The summed E-state index contributed by atoms with van der Waals surface area (Å²) in [6.45, 7) is 8.22. The van der Waals surface area contributed by atoms with Gasteiger partial charge >= 0.3 is 0 Å². The van der Waals surface area contributed by atoms with E-state index in [1.165, 1.54) is 0 Å². The average molecular weight is 237 g/mol. The summed E-state index contributed by atoms with van der Waals surface area (Å²) in [5.41, 5.74) is 2.22. The van der Waals surface area contributed by atoms with Gasteiger partial charge in [-0.25, -0.2) is 0 Å². The van der Waals surface area contributed by atoms with Gasteiger partial charge in [0.1, 0.15) is 0 Å². The highest BCUT2D eigenvalue weighted by atomic mass is 16.5. The average Bonchev–Trinajstić information content (AvgIpc) is 2.27. The zero-order chi connectivity index (χ0) is 12.5. The van der Waals surface area contributed by atoms with Crippen LogP contribution < -0.4 is 0 Å². The molecule has 0 saturated heterocycles. The molecular formula is C14H23NO2. The van der Waals surface area contributed by atoms with E-state index < -0.39 is 0 Å². The van der Waals surface area contributed by atoms with Crippen LogP contribution in [0.4, 0.5) is 0 Å². The monoisotopic (exact) mass is 237 g/mol. The largest absolute Gasteiger partial charge is 0.379 e. The Morgan fingerprint density at radius 2 is 2.00 bits per heavy atom. The maximum Gasteiger partial charge on any atom is 0.0703 e. The minimum Gasteiger partial charge on any atom is -0.379 e. The van der Waals surface area contributed by atoms with Crippen LogP contribution in [0.5, 0.6) is 0 Å². The predicted octanol–water partition coefficient (Wildman–Crippen LogP) is 2.76. The van der Waals surface area contributed by atoms with Gasteiger partial charge in [-0.2, -0.15) is 0 Å². The summed E-state index contributed by atoms with van der Waals surface area (Å²) in [6, 6.07) is 6.13. The molecule has 0 unspecified atom stereocenters.